The summed E-state index contributed by atoms with van der Waals surface area (Å²) < 4.78 is 0. The van der Waals surface area contributed by atoms with Gasteiger partial charge in [-0.1, -0.05) is 43.9 Å². The molecule has 0 atom stereocenters. The Morgan fingerprint density at radius 3 is 2.16 bits per heavy atom. The number of amides is 1. The molecule has 2 nitrogen and oxygen atoms in total. The van der Waals surface area contributed by atoms with E-state index in [4.69, 9.17) is 0 Å². The molecular weight excluding hydrogens is 306 g/mol. The SMILES string of the molecule is Cc1ccc(C2CCCC2)c2c(C)ccc(C(=O)NC3CCCC3)c12. The molecule has 0 radical (unpaired) electrons. The maximum Gasteiger partial charge on any atom is 0.252 e. The van der Waals surface area contributed by atoms with Gasteiger partial charge in [0.25, 0.3) is 5.91 Å². The molecule has 25 heavy (non-hydrogen) atoms. The van der Waals surface area contributed by atoms with E-state index in [1.165, 1.54) is 66.0 Å². The van der Waals surface area contributed by atoms with Crippen molar-refractivity contribution in [3.8, 4) is 0 Å². The van der Waals surface area contributed by atoms with Crippen molar-refractivity contribution >= 4 is 16.7 Å². The number of rotatable bonds is 3. The minimum atomic E-state index is 0.114. The van der Waals surface area contributed by atoms with E-state index < -0.39 is 0 Å². The van der Waals surface area contributed by atoms with E-state index >= 15 is 0 Å². The minimum Gasteiger partial charge on any atom is -0.349 e. The van der Waals surface area contributed by atoms with Crippen LogP contribution in [0.25, 0.3) is 10.8 Å². The first-order valence-corrected chi connectivity index (χ1v) is 9.99. The van der Waals surface area contributed by atoms with Crippen LogP contribution in [0.1, 0.15) is 84.3 Å². The predicted molar refractivity (Wildman–Crippen MR) is 104 cm³/mol. The summed E-state index contributed by atoms with van der Waals surface area (Å²) in [5.41, 5.74) is 4.85. The van der Waals surface area contributed by atoms with Crippen LogP contribution in [0.4, 0.5) is 0 Å². The topological polar surface area (TPSA) is 29.1 Å². The van der Waals surface area contributed by atoms with Crippen molar-refractivity contribution < 1.29 is 4.79 Å². The Balaban J connectivity index is 1.81. The van der Waals surface area contributed by atoms with Gasteiger partial charge in [-0.2, -0.15) is 0 Å². The largest absolute Gasteiger partial charge is 0.349 e. The first-order chi connectivity index (χ1) is 12.1. The molecule has 0 spiro atoms. The average Bonchev–Trinajstić information content (AvgIpc) is 3.29. The fourth-order valence-electron chi connectivity index (χ4n) is 4.97. The number of hydrogen-bond donors (Lipinski definition) is 1. The van der Waals surface area contributed by atoms with Crippen LogP contribution in [-0.2, 0) is 0 Å². The van der Waals surface area contributed by atoms with E-state index in [9.17, 15) is 4.79 Å². The number of hydrogen-bond acceptors (Lipinski definition) is 1. The van der Waals surface area contributed by atoms with Gasteiger partial charge >= 0.3 is 0 Å². The summed E-state index contributed by atoms with van der Waals surface area (Å²) >= 11 is 0. The van der Waals surface area contributed by atoms with Crippen LogP contribution >= 0.6 is 0 Å². The number of fused-ring (bicyclic) bond motifs is 1. The summed E-state index contributed by atoms with van der Waals surface area (Å²) in [7, 11) is 0. The molecule has 0 aliphatic heterocycles. The van der Waals surface area contributed by atoms with Crippen LogP contribution in [-0.4, -0.2) is 11.9 Å². The maximum absolute atomic E-state index is 13.0. The molecule has 2 aromatic carbocycles. The average molecular weight is 335 g/mol. The fourth-order valence-corrected chi connectivity index (χ4v) is 4.97. The van der Waals surface area contributed by atoms with Gasteiger partial charge in [0.1, 0.15) is 0 Å². The molecule has 2 fully saturated rings. The van der Waals surface area contributed by atoms with Crippen molar-refractivity contribution in [2.24, 2.45) is 0 Å². The molecule has 0 bridgehead atoms. The molecule has 2 aliphatic carbocycles. The van der Waals surface area contributed by atoms with Crippen molar-refractivity contribution in [3.63, 3.8) is 0 Å². The van der Waals surface area contributed by atoms with E-state index in [1.807, 2.05) is 6.07 Å². The Morgan fingerprint density at radius 1 is 0.840 bits per heavy atom. The lowest BCUT2D eigenvalue weighted by molar-refractivity contribution is 0.0939. The van der Waals surface area contributed by atoms with Gasteiger partial charge in [-0.05, 0) is 79.0 Å². The van der Waals surface area contributed by atoms with Crippen LogP contribution < -0.4 is 5.32 Å². The summed E-state index contributed by atoms with van der Waals surface area (Å²) in [4.78, 5) is 13.0. The monoisotopic (exact) mass is 335 g/mol. The number of benzene rings is 2. The van der Waals surface area contributed by atoms with Gasteiger partial charge < -0.3 is 5.32 Å². The van der Waals surface area contributed by atoms with Crippen molar-refractivity contribution in [3.05, 3.63) is 46.5 Å². The normalized spacial score (nSPS) is 19.0. The summed E-state index contributed by atoms with van der Waals surface area (Å²) in [6, 6.07) is 9.08. The van der Waals surface area contributed by atoms with Crippen LogP contribution in [0, 0.1) is 13.8 Å². The van der Waals surface area contributed by atoms with Crippen molar-refractivity contribution in [2.45, 2.75) is 77.2 Å². The van der Waals surface area contributed by atoms with Crippen molar-refractivity contribution in [1.82, 2.24) is 5.32 Å². The molecule has 2 aliphatic rings. The molecule has 0 aromatic heterocycles. The quantitative estimate of drug-likeness (QED) is 0.756. The van der Waals surface area contributed by atoms with Gasteiger partial charge in [-0.15, -0.1) is 0 Å². The summed E-state index contributed by atoms with van der Waals surface area (Å²) in [5, 5.41) is 5.80. The zero-order valence-electron chi connectivity index (χ0n) is 15.5. The molecule has 0 saturated heterocycles. The Morgan fingerprint density at radius 2 is 1.44 bits per heavy atom. The Bertz CT molecular complexity index is 795. The molecule has 1 amide bonds. The molecule has 2 heteroatoms. The summed E-state index contributed by atoms with van der Waals surface area (Å²) in [6.07, 6.45) is 9.98. The third-order valence-electron chi connectivity index (χ3n) is 6.34. The van der Waals surface area contributed by atoms with Gasteiger partial charge in [0, 0.05) is 11.6 Å². The first-order valence-electron chi connectivity index (χ1n) is 9.99. The van der Waals surface area contributed by atoms with E-state index in [-0.39, 0.29) is 5.91 Å². The first kappa shape index (κ1) is 16.6. The zero-order chi connectivity index (χ0) is 17.4. The number of carbonyl (C=O) groups excluding carboxylic acids is 1. The number of aryl methyl sites for hydroxylation is 2. The van der Waals surface area contributed by atoms with Crippen LogP contribution in [0.2, 0.25) is 0 Å². The van der Waals surface area contributed by atoms with Gasteiger partial charge in [0.05, 0.1) is 0 Å². The predicted octanol–water partition coefficient (Wildman–Crippen LogP) is 5.79. The van der Waals surface area contributed by atoms with E-state index in [0.29, 0.717) is 12.0 Å². The standard InChI is InChI=1S/C23H29NO/c1-15-12-14-20(23(25)24-18-9-5-6-10-18)22-16(2)11-13-19(21(15)22)17-7-3-4-8-17/h11-14,17-18H,3-10H2,1-2H3,(H,24,25). The Hall–Kier alpha value is -1.83. The second-order valence-corrected chi connectivity index (χ2v) is 8.09. The second kappa shape index (κ2) is 6.82. The summed E-state index contributed by atoms with van der Waals surface area (Å²) in [6.45, 7) is 4.34. The highest BCUT2D eigenvalue weighted by Gasteiger charge is 2.24. The molecule has 0 heterocycles. The van der Waals surface area contributed by atoms with Gasteiger partial charge in [-0.25, -0.2) is 0 Å². The molecule has 0 unspecified atom stereocenters. The van der Waals surface area contributed by atoms with Gasteiger partial charge in [-0.3, -0.25) is 4.79 Å². The van der Waals surface area contributed by atoms with Crippen LogP contribution in [0.3, 0.4) is 0 Å². The maximum atomic E-state index is 13.0. The van der Waals surface area contributed by atoms with E-state index in [1.54, 1.807) is 0 Å². The Kier molecular flexibility index (Phi) is 4.54. The van der Waals surface area contributed by atoms with Crippen LogP contribution in [0.5, 0.6) is 0 Å². The Labute approximate surface area is 151 Å². The van der Waals surface area contributed by atoms with Crippen LogP contribution in [0.15, 0.2) is 24.3 Å². The highest BCUT2D eigenvalue weighted by Crippen LogP contribution is 2.40. The lowest BCUT2D eigenvalue weighted by Gasteiger charge is -2.20. The van der Waals surface area contributed by atoms with E-state index in [0.717, 1.165) is 18.4 Å². The van der Waals surface area contributed by atoms with Gasteiger partial charge in [0.2, 0.25) is 0 Å². The highest BCUT2D eigenvalue weighted by molar-refractivity contribution is 6.10. The molecule has 1 N–H and O–H groups in total. The molecule has 2 aromatic rings. The van der Waals surface area contributed by atoms with Crippen molar-refractivity contribution in [2.75, 3.05) is 0 Å². The minimum absolute atomic E-state index is 0.114. The molecule has 132 valence electrons. The third kappa shape index (κ3) is 3.07. The zero-order valence-corrected chi connectivity index (χ0v) is 15.5. The lowest BCUT2D eigenvalue weighted by atomic mass is 9.86. The summed E-state index contributed by atoms with van der Waals surface area (Å²) in [5.74, 6) is 0.776. The third-order valence-corrected chi connectivity index (χ3v) is 6.34. The van der Waals surface area contributed by atoms with Crippen molar-refractivity contribution in [1.29, 1.82) is 0 Å². The second-order valence-electron chi connectivity index (χ2n) is 8.09. The number of carbonyl (C=O) groups is 1. The lowest BCUT2D eigenvalue weighted by Crippen LogP contribution is -2.32. The highest BCUT2D eigenvalue weighted by atomic mass is 16.1. The fraction of sp³-hybridized carbons (Fsp3) is 0.522. The van der Waals surface area contributed by atoms with E-state index in [2.05, 4.69) is 37.4 Å². The molecular formula is C23H29NO. The van der Waals surface area contributed by atoms with Gasteiger partial charge in [0.15, 0.2) is 0 Å². The number of nitrogens with one attached hydrogen (secondary N) is 1. The smallest absolute Gasteiger partial charge is 0.252 e. The molecule has 4 rings (SSSR count). The molecule has 2 saturated carbocycles.